The molecule has 0 amide bonds. The molecule has 0 radical (unpaired) electrons. The number of aryl methyl sites for hydroxylation is 2. The first-order chi connectivity index (χ1) is 12.6. The van der Waals surface area contributed by atoms with Crippen molar-refractivity contribution in [1.29, 1.82) is 0 Å². The van der Waals surface area contributed by atoms with Gasteiger partial charge < -0.3 is 14.3 Å². The molecule has 1 aromatic heterocycles. The largest absolute Gasteiger partial charge is 0.496 e. The minimum Gasteiger partial charge on any atom is -0.496 e. The zero-order valence-electron chi connectivity index (χ0n) is 16.0. The van der Waals surface area contributed by atoms with Crippen molar-refractivity contribution in [1.82, 2.24) is 4.90 Å². The first-order valence-electron chi connectivity index (χ1n) is 9.74. The zero-order valence-corrected chi connectivity index (χ0v) is 16.0. The first-order valence-corrected chi connectivity index (χ1v) is 9.74. The molecule has 2 aromatic rings. The number of nitrogens with zero attached hydrogens (tertiary/aromatic N) is 1. The fourth-order valence-corrected chi connectivity index (χ4v) is 4.21. The summed E-state index contributed by atoms with van der Waals surface area (Å²) in [5, 5.41) is 11.0. The molecule has 26 heavy (non-hydrogen) atoms. The number of hydrogen-bond donors (Lipinski definition) is 1. The minimum atomic E-state index is -0.541. The molecule has 2 aliphatic rings. The van der Waals surface area contributed by atoms with E-state index in [1.807, 2.05) is 32.0 Å². The summed E-state index contributed by atoms with van der Waals surface area (Å²) in [5.41, 5.74) is 3.13. The Balaban J connectivity index is 1.58. The van der Waals surface area contributed by atoms with Gasteiger partial charge in [-0.3, -0.25) is 4.90 Å². The number of methoxy groups -OCH3 is 1. The number of hydrogen-bond acceptors (Lipinski definition) is 4. The molecule has 140 valence electrons. The smallest absolute Gasteiger partial charge is 0.141 e. The standard InChI is InChI=1S/C22H29NO3/c1-14-6-9-18(19(11-14)25-3)22-15(2)12-20(26-22)21(24)16-5-4-10-23(13-16)17-7-8-17/h6,9,11-12,16-17,21,24H,4-5,7-8,10,13H2,1-3H3/t16-,21-/m1/s1. The molecule has 2 heterocycles. The number of aliphatic hydroxyl groups is 1. The third-order valence-corrected chi connectivity index (χ3v) is 5.83. The summed E-state index contributed by atoms with van der Waals surface area (Å²) in [6, 6.07) is 8.86. The van der Waals surface area contributed by atoms with Crippen molar-refractivity contribution in [3.05, 3.63) is 41.2 Å². The highest BCUT2D eigenvalue weighted by Crippen LogP contribution is 2.40. The van der Waals surface area contributed by atoms with Crippen LogP contribution in [0.25, 0.3) is 11.3 Å². The number of aliphatic hydroxyl groups excluding tert-OH is 1. The molecule has 1 aliphatic carbocycles. The van der Waals surface area contributed by atoms with Crippen molar-refractivity contribution in [2.24, 2.45) is 5.92 Å². The van der Waals surface area contributed by atoms with Crippen molar-refractivity contribution in [2.75, 3.05) is 20.2 Å². The summed E-state index contributed by atoms with van der Waals surface area (Å²) in [7, 11) is 1.68. The van der Waals surface area contributed by atoms with Gasteiger partial charge in [0.2, 0.25) is 0 Å². The number of likely N-dealkylation sites (tertiary alicyclic amines) is 1. The second kappa shape index (κ2) is 7.09. The molecule has 0 spiro atoms. The topological polar surface area (TPSA) is 45.8 Å². The average molecular weight is 355 g/mol. The lowest BCUT2D eigenvalue weighted by Gasteiger charge is -2.34. The van der Waals surface area contributed by atoms with Crippen molar-refractivity contribution in [2.45, 2.75) is 51.7 Å². The fourth-order valence-electron chi connectivity index (χ4n) is 4.21. The molecule has 2 fully saturated rings. The molecule has 1 saturated carbocycles. The van der Waals surface area contributed by atoms with Crippen LogP contribution in [-0.4, -0.2) is 36.2 Å². The molecular weight excluding hydrogens is 326 g/mol. The number of furan rings is 1. The van der Waals surface area contributed by atoms with Crippen LogP contribution in [0.3, 0.4) is 0 Å². The van der Waals surface area contributed by atoms with Crippen LogP contribution in [0.1, 0.15) is 48.7 Å². The Morgan fingerprint density at radius 1 is 1.19 bits per heavy atom. The van der Waals surface area contributed by atoms with Crippen molar-refractivity contribution >= 4 is 0 Å². The van der Waals surface area contributed by atoms with Gasteiger partial charge in [0.25, 0.3) is 0 Å². The summed E-state index contributed by atoms with van der Waals surface area (Å²) in [6.45, 7) is 6.24. The average Bonchev–Trinajstić information content (AvgIpc) is 3.44. The predicted molar refractivity (Wildman–Crippen MR) is 102 cm³/mol. The van der Waals surface area contributed by atoms with E-state index in [0.29, 0.717) is 5.76 Å². The van der Waals surface area contributed by atoms with Crippen molar-refractivity contribution < 1.29 is 14.3 Å². The van der Waals surface area contributed by atoms with E-state index in [4.69, 9.17) is 9.15 Å². The maximum absolute atomic E-state index is 11.0. The van der Waals surface area contributed by atoms with Crippen LogP contribution in [0.4, 0.5) is 0 Å². The van der Waals surface area contributed by atoms with Crippen LogP contribution in [-0.2, 0) is 0 Å². The molecule has 1 saturated heterocycles. The second-order valence-corrected chi connectivity index (χ2v) is 7.94. The zero-order chi connectivity index (χ0) is 18.3. The van der Waals surface area contributed by atoms with E-state index in [2.05, 4.69) is 11.0 Å². The second-order valence-electron chi connectivity index (χ2n) is 7.94. The van der Waals surface area contributed by atoms with Gasteiger partial charge in [-0.1, -0.05) is 6.07 Å². The van der Waals surface area contributed by atoms with Crippen LogP contribution in [0.2, 0.25) is 0 Å². The van der Waals surface area contributed by atoms with Gasteiger partial charge in [-0.2, -0.15) is 0 Å². The number of benzene rings is 1. The van der Waals surface area contributed by atoms with Gasteiger partial charge in [-0.05, 0) is 75.4 Å². The lowest BCUT2D eigenvalue weighted by molar-refractivity contribution is 0.0342. The van der Waals surface area contributed by atoms with E-state index in [1.165, 1.54) is 19.4 Å². The summed E-state index contributed by atoms with van der Waals surface area (Å²) in [5.74, 6) is 2.54. The third-order valence-electron chi connectivity index (χ3n) is 5.83. The molecule has 4 rings (SSSR count). The molecular formula is C22H29NO3. The van der Waals surface area contributed by atoms with Crippen LogP contribution in [0.15, 0.2) is 28.7 Å². The molecule has 4 heteroatoms. The van der Waals surface area contributed by atoms with Crippen LogP contribution < -0.4 is 4.74 Å². The van der Waals surface area contributed by atoms with E-state index in [1.54, 1.807) is 7.11 Å². The maximum Gasteiger partial charge on any atom is 0.141 e. The van der Waals surface area contributed by atoms with E-state index in [0.717, 1.165) is 53.6 Å². The number of ether oxygens (including phenoxy) is 1. The molecule has 4 nitrogen and oxygen atoms in total. The van der Waals surface area contributed by atoms with Gasteiger partial charge in [-0.15, -0.1) is 0 Å². The molecule has 1 aliphatic heterocycles. The Bertz CT molecular complexity index is 778. The molecule has 2 atom stereocenters. The Hall–Kier alpha value is -1.78. The quantitative estimate of drug-likeness (QED) is 0.859. The highest BCUT2D eigenvalue weighted by atomic mass is 16.5. The van der Waals surface area contributed by atoms with E-state index in [-0.39, 0.29) is 5.92 Å². The third kappa shape index (κ3) is 3.40. The molecule has 0 bridgehead atoms. The summed E-state index contributed by atoms with van der Waals surface area (Å²) >= 11 is 0. The Morgan fingerprint density at radius 2 is 2.00 bits per heavy atom. The van der Waals surface area contributed by atoms with E-state index in [9.17, 15) is 5.11 Å². The lowest BCUT2D eigenvalue weighted by atomic mass is 9.91. The molecule has 1 aromatic carbocycles. The predicted octanol–water partition coefficient (Wildman–Crippen LogP) is 4.48. The van der Waals surface area contributed by atoms with Crippen molar-refractivity contribution in [3.8, 4) is 17.1 Å². The number of piperidine rings is 1. The number of rotatable bonds is 5. The molecule has 0 unspecified atom stereocenters. The van der Waals surface area contributed by atoms with Crippen molar-refractivity contribution in [3.63, 3.8) is 0 Å². The van der Waals surface area contributed by atoms with E-state index >= 15 is 0 Å². The van der Waals surface area contributed by atoms with Gasteiger partial charge in [0, 0.05) is 18.5 Å². The van der Waals surface area contributed by atoms with Crippen LogP contribution in [0.5, 0.6) is 5.75 Å². The van der Waals surface area contributed by atoms with Gasteiger partial charge >= 0.3 is 0 Å². The summed E-state index contributed by atoms with van der Waals surface area (Å²) in [6.07, 6.45) is 4.32. The highest BCUT2D eigenvalue weighted by Gasteiger charge is 2.36. The maximum atomic E-state index is 11.0. The van der Waals surface area contributed by atoms with Gasteiger partial charge in [-0.25, -0.2) is 0 Å². The normalized spacial score (nSPS) is 22.4. The van der Waals surface area contributed by atoms with Gasteiger partial charge in [0.05, 0.1) is 12.7 Å². The highest BCUT2D eigenvalue weighted by molar-refractivity contribution is 5.69. The van der Waals surface area contributed by atoms with Gasteiger partial charge in [0.1, 0.15) is 23.4 Å². The van der Waals surface area contributed by atoms with Crippen LogP contribution in [0, 0.1) is 19.8 Å². The monoisotopic (exact) mass is 355 g/mol. The summed E-state index contributed by atoms with van der Waals surface area (Å²) in [4.78, 5) is 2.55. The Labute approximate surface area is 155 Å². The summed E-state index contributed by atoms with van der Waals surface area (Å²) < 4.78 is 11.7. The van der Waals surface area contributed by atoms with Crippen LogP contribution >= 0.6 is 0 Å². The minimum absolute atomic E-state index is 0.252. The molecule has 1 N–H and O–H groups in total. The lowest BCUT2D eigenvalue weighted by Crippen LogP contribution is -2.39. The SMILES string of the molecule is COc1cc(C)ccc1-c1oc([C@H](O)[C@@H]2CCCN(C3CC3)C2)cc1C. The van der Waals surface area contributed by atoms with E-state index < -0.39 is 6.10 Å². The Morgan fingerprint density at radius 3 is 2.73 bits per heavy atom. The fraction of sp³-hybridized carbons (Fsp3) is 0.545. The first kappa shape index (κ1) is 17.6. The van der Waals surface area contributed by atoms with Gasteiger partial charge in [0.15, 0.2) is 0 Å². The Kier molecular flexibility index (Phi) is 4.80.